The molecule has 180 valence electrons. The van der Waals surface area contributed by atoms with Gasteiger partial charge >= 0.3 is 0 Å². The highest BCUT2D eigenvalue weighted by molar-refractivity contribution is 14.1. The average Bonchev–Trinajstić information content (AvgIpc) is 3.39. The molecule has 0 aromatic heterocycles. The number of anilines is 1. The number of ether oxygens (including phenoxy) is 1. The molecule has 9 heteroatoms. The van der Waals surface area contributed by atoms with Crippen molar-refractivity contribution >= 4 is 48.5 Å². The summed E-state index contributed by atoms with van der Waals surface area (Å²) in [5.74, 6) is -0.770. The van der Waals surface area contributed by atoms with E-state index in [0.717, 1.165) is 27.7 Å². The largest absolute Gasteiger partial charge is 0.394 e. The summed E-state index contributed by atoms with van der Waals surface area (Å²) in [6.07, 6.45) is 2.60. The van der Waals surface area contributed by atoms with E-state index in [1.165, 1.54) is 0 Å². The predicted molar refractivity (Wildman–Crippen MR) is 136 cm³/mol. The molecule has 0 saturated carbocycles. The topological polar surface area (TPSA) is 70.1 Å². The van der Waals surface area contributed by atoms with Crippen molar-refractivity contribution in [3.63, 3.8) is 0 Å². The number of rotatable bonds is 6. The molecule has 0 bridgehead atoms. The van der Waals surface area contributed by atoms with Crippen LogP contribution < -0.4 is 4.90 Å². The molecule has 2 fully saturated rings. The van der Waals surface area contributed by atoms with Crippen molar-refractivity contribution in [2.75, 3.05) is 24.6 Å². The standard InChI is InChI=1S/C24H32FIN2O4Si/c1-5-10-28-19-9-8-16(26)12-18(19)24(23(28)31)15(2)22(33(3,4)25)20(32-24)13-21(30)27-11-6-7-17(27)14-29/h5,8-9,12,15,17,20,22,29H,1,6-7,10-11,13-14H2,2-4H3/t15-,17+,20+,22-,24+/m1/s1. The molecule has 3 heterocycles. The van der Waals surface area contributed by atoms with E-state index in [0.29, 0.717) is 13.1 Å². The second-order valence-corrected chi connectivity index (χ2v) is 14.9. The van der Waals surface area contributed by atoms with E-state index >= 15 is 4.11 Å². The fourth-order valence-electron chi connectivity index (χ4n) is 6.17. The predicted octanol–water partition coefficient (Wildman–Crippen LogP) is 3.97. The molecule has 4 rings (SSSR count). The van der Waals surface area contributed by atoms with Crippen molar-refractivity contribution in [3.05, 3.63) is 40.0 Å². The van der Waals surface area contributed by atoms with Crippen LogP contribution in [0.5, 0.6) is 0 Å². The van der Waals surface area contributed by atoms with Gasteiger partial charge in [0.25, 0.3) is 5.91 Å². The Morgan fingerprint density at radius 2 is 2.18 bits per heavy atom. The van der Waals surface area contributed by atoms with E-state index in [9.17, 15) is 14.7 Å². The van der Waals surface area contributed by atoms with Crippen LogP contribution in [0.2, 0.25) is 18.6 Å². The Morgan fingerprint density at radius 1 is 1.45 bits per heavy atom. The zero-order valence-corrected chi connectivity index (χ0v) is 22.5. The molecule has 1 aromatic rings. The number of aliphatic hydroxyl groups excluding tert-OH is 1. The number of carbonyl (C=O) groups excluding carboxylic acids is 2. The van der Waals surface area contributed by atoms with E-state index in [4.69, 9.17) is 4.74 Å². The van der Waals surface area contributed by atoms with Crippen molar-refractivity contribution < 1.29 is 23.5 Å². The molecular formula is C24H32FIN2O4Si. The van der Waals surface area contributed by atoms with Crippen LogP contribution >= 0.6 is 22.6 Å². The van der Waals surface area contributed by atoms with Gasteiger partial charge in [-0.25, -0.2) is 0 Å². The molecule has 1 aromatic carbocycles. The number of aliphatic hydroxyl groups is 1. The summed E-state index contributed by atoms with van der Waals surface area (Å²) < 4.78 is 23.3. The third-order valence-electron chi connectivity index (χ3n) is 7.52. The molecule has 33 heavy (non-hydrogen) atoms. The number of fused-ring (bicyclic) bond motifs is 2. The monoisotopic (exact) mass is 586 g/mol. The second-order valence-electron chi connectivity index (χ2n) is 9.91. The maximum Gasteiger partial charge on any atom is 0.264 e. The van der Waals surface area contributed by atoms with Crippen LogP contribution in [0.25, 0.3) is 0 Å². The number of carbonyl (C=O) groups is 2. The van der Waals surface area contributed by atoms with Gasteiger partial charge in [-0.2, -0.15) is 0 Å². The van der Waals surface area contributed by atoms with Crippen LogP contribution in [0, 0.1) is 9.49 Å². The summed E-state index contributed by atoms with van der Waals surface area (Å²) in [5.41, 5.74) is -0.320. The number of hydrogen-bond donors (Lipinski definition) is 1. The van der Waals surface area contributed by atoms with E-state index in [1.807, 2.05) is 25.1 Å². The molecule has 0 unspecified atom stereocenters. The first-order chi connectivity index (χ1) is 15.6. The molecule has 0 aliphatic carbocycles. The summed E-state index contributed by atoms with van der Waals surface area (Å²) in [6.45, 7) is 9.81. The number of hydrogen-bond acceptors (Lipinski definition) is 4. The highest BCUT2D eigenvalue weighted by Gasteiger charge is 2.67. The fourth-order valence-corrected chi connectivity index (χ4v) is 9.16. The molecule has 3 aliphatic heterocycles. The molecule has 3 aliphatic rings. The van der Waals surface area contributed by atoms with Gasteiger partial charge in [0.05, 0.1) is 30.9 Å². The summed E-state index contributed by atoms with van der Waals surface area (Å²) >= 11 is 2.21. The molecular weight excluding hydrogens is 554 g/mol. The number of likely N-dealkylation sites (tertiary alicyclic amines) is 1. The van der Waals surface area contributed by atoms with Crippen molar-refractivity contribution in [1.29, 1.82) is 0 Å². The third kappa shape index (κ3) is 3.98. The maximum atomic E-state index is 15.8. The zero-order chi connectivity index (χ0) is 24.1. The minimum Gasteiger partial charge on any atom is -0.394 e. The molecule has 6 nitrogen and oxygen atoms in total. The summed E-state index contributed by atoms with van der Waals surface area (Å²) in [5, 5.41) is 9.65. The highest BCUT2D eigenvalue weighted by atomic mass is 127. The van der Waals surface area contributed by atoms with Crippen molar-refractivity contribution in [3.8, 4) is 0 Å². The highest BCUT2D eigenvalue weighted by Crippen LogP contribution is 2.60. The Hall–Kier alpha value is -1.30. The van der Waals surface area contributed by atoms with Crippen molar-refractivity contribution in [2.24, 2.45) is 5.92 Å². The Morgan fingerprint density at radius 3 is 2.82 bits per heavy atom. The first-order valence-electron chi connectivity index (χ1n) is 11.6. The summed E-state index contributed by atoms with van der Waals surface area (Å²) in [6, 6.07) is 5.60. The second kappa shape index (κ2) is 9.05. The van der Waals surface area contributed by atoms with Gasteiger partial charge in [0.15, 0.2) is 5.60 Å². The van der Waals surface area contributed by atoms with Crippen LogP contribution in [-0.4, -0.2) is 62.1 Å². The lowest BCUT2D eigenvalue weighted by Gasteiger charge is -2.31. The van der Waals surface area contributed by atoms with Gasteiger partial charge in [-0.3, -0.25) is 9.59 Å². The fraction of sp³-hybridized carbons (Fsp3) is 0.583. The number of amides is 2. The smallest absolute Gasteiger partial charge is 0.264 e. The summed E-state index contributed by atoms with van der Waals surface area (Å²) in [7, 11) is -3.32. The van der Waals surface area contributed by atoms with Gasteiger partial charge < -0.3 is 23.8 Å². The number of halogens is 2. The van der Waals surface area contributed by atoms with E-state index in [1.54, 1.807) is 29.0 Å². The Balaban J connectivity index is 1.75. The first-order valence-corrected chi connectivity index (χ1v) is 15.6. The van der Waals surface area contributed by atoms with Gasteiger partial charge in [-0.15, -0.1) is 6.58 Å². The normalized spacial score (nSPS) is 31.5. The van der Waals surface area contributed by atoms with E-state index in [2.05, 4.69) is 29.2 Å². The Labute approximate surface area is 209 Å². The van der Waals surface area contributed by atoms with Gasteiger partial charge in [0.2, 0.25) is 14.3 Å². The maximum absolute atomic E-state index is 15.8. The molecule has 0 radical (unpaired) electrons. The van der Waals surface area contributed by atoms with Crippen LogP contribution in [0.4, 0.5) is 9.80 Å². The molecule has 2 amide bonds. The SMILES string of the molecule is C=CCN1C(=O)[C@@]2(O[C@@H](CC(=O)N3CCC[C@H]3CO)[C@H]([Si](C)(C)F)[C@H]2C)c2cc(I)ccc21. The number of benzene rings is 1. The minimum atomic E-state index is -3.32. The average molecular weight is 587 g/mol. The molecule has 2 saturated heterocycles. The van der Waals surface area contributed by atoms with Crippen LogP contribution in [0.1, 0.15) is 31.7 Å². The van der Waals surface area contributed by atoms with Crippen LogP contribution in [-0.2, 0) is 19.9 Å². The first kappa shape index (κ1) is 24.8. The molecule has 1 N–H and O–H groups in total. The Bertz CT molecular complexity index is 970. The zero-order valence-electron chi connectivity index (χ0n) is 19.4. The van der Waals surface area contributed by atoms with Gasteiger partial charge in [0, 0.05) is 33.7 Å². The Kier molecular flexibility index (Phi) is 6.80. The minimum absolute atomic E-state index is 0.0155. The van der Waals surface area contributed by atoms with Gasteiger partial charge in [-0.05, 0) is 66.7 Å². The quantitative estimate of drug-likeness (QED) is 0.237. The van der Waals surface area contributed by atoms with Gasteiger partial charge in [0.1, 0.15) is 0 Å². The molecule has 1 spiro atoms. The lowest BCUT2D eigenvalue weighted by Crippen LogP contribution is -2.45. The van der Waals surface area contributed by atoms with E-state index < -0.39 is 31.6 Å². The van der Waals surface area contributed by atoms with Crippen LogP contribution in [0.3, 0.4) is 0 Å². The van der Waals surface area contributed by atoms with Crippen molar-refractivity contribution in [2.45, 2.75) is 62.6 Å². The van der Waals surface area contributed by atoms with E-state index in [-0.39, 0.29) is 30.9 Å². The molecule has 5 atom stereocenters. The van der Waals surface area contributed by atoms with Crippen molar-refractivity contribution in [1.82, 2.24) is 4.90 Å². The third-order valence-corrected chi connectivity index (χ3v) is 10.6. The lowest BCUT2D eigenvalue weighted by atomic mass is 9.82. The summed E-state index contributed by atoms with van der Waals surface area (Å²) in [4.78, 5) is 30.4. The van der Waals surface area contributed by atoms with Crippen LogP contribution in [0.15, 0.2) is 30.9 Å². The van der Waals surface area contributed by atoms with Gasteiger partial charge in [-0.1, -0.05) is 13.0 Å². The lowest BCUT2D eigenvalue weighted by molar-refractivity contribution is -0.149. The number of nitrogens with zero attached hydrogens (tertiary/aromatic N) is 2.